The van der Waals surface area contributed by atoms with Gasteiger partial charge in [-0.2, -0.15) is 4.98 Å². The lowest BCUT2D eigenvalue weighted by molar-refractivity contribution is 0.213. The van der Waals surface area contributed by atoms with E-state index in [1.54, 1.807) is 45.5 Å². The largest absolute Gasteiger partial charge is 0.497 e. The number of hydrogen-bond donors (Lipinski definition) is 1. The number of anilines is 1. The predicted octanol–water partition coefficient (Wildman–Crippen LogP) is 3.42. The zero-order chi connectivity index (χ0) is 19.2. The molecule has 0 radical (unpaired) electrons. The van der Waals surface area contributed by atoms with Crippen molar-refractivity contribution in [3.63, 3.8) is 0 Å². The maximum Gasteiger partial charge on any atom is 0.322 e. The highest BCUT2D eigenvalue weighted by Crippen LogP contribution is 2.21. The van der Waals surface area contributed by atoms with E-state index in [-0.39, 0.29) is 12.6 Å². The number of amides is 2. The van der Waals surface area contributed by atoms with Gasteiger partial charge in [0, 0.05) is 24.4 Å². The molecule has 2 aromatic carbocycles. The van der Waals surface area contributed by atoms with Crippen molar-refractivity contribution in [2.45, 2.75) is 6.54 Å². The molecule has 1 aromatic heterocycles. The summed E-state index contributed by atoms with van der Waals surface area (Å²) in [6.45, 7) is 0.173. The zero-order valence-electron chi connectivity index (χ0n) is 15.3. The van der Waals surface area contributed by atoms with E-state index in [9.17, 15) is 4.79 Å². The summed E-state index contributed by atoms with van der Waals surface area (Å²) in [6, 6.07) is 14.2. The summed E-state index contributed by atoms with van der Waals surface area (Å²) < 4.78 is 15.6. The standard InChI is InChI=1S/C19H20N4O4/c1-23(19(24)20-14-7-5-9-16(11-14)26-3)12-17-21-18(22-27-17)13-6-4-8-15(10-13)25-2/h4-11H,12H2,1-3H3,(H,20,24). The number of rotatable bonds is 6. The Labute approximate surface area is 156 Å². The third-order valence-corrected chi connectivity index (χ3v) is 3.84. The van der Waals surface area contributed by atoms with Crippen LogP contribution in [0.5, 0.6) is 11.5 Å². The third kappa shape index (κ3) is 4.55. The molecule has 0 unspecified atom stereocenters. The van der Waals surface area contributed by atoms with Gasteiger partial charge in [-0.05, 0) is 24.3 Å². The molecular formula is C19H20N4O4. The summed E-state index contributed by atoms with van der Waals surface area (Å²) in [6.07, 6.45) is 0. The molecule has 0 fully saturated rings. The molecule has 3 aromatic rings. The number of benzene rings is 2. The average molecular weight is 368 g/mol. The number of methoxy groups -OCH3 is 2. The first-order valence-corrected chi connectivity index (χ1v) is 8.22. The van der Waals surface area contributed by atoms with Crippen LogP contribution in [0.2, 0.25) is 0 Å². The molecule has 0 aliphatic carbocycles. The van der Waals surface area contributed by atoms with Crippen LogP contribution in [0.1, 0.15) is 5.89 Å². The highest BCUT2D eigenvalue weighted by molar-refractivity contribution is 5.89. The van der Waals surface area contributed by atoms with Crippen molar-refractivity contribution in [3.05, 3.63) is 54.4 Å². The van der Waals surface area contributed by atoms with E-state index in [4.69, 9.17) is 14.0 Å². The lowest BCUT2D eigenvalue weighted by Gasteiger charge is -2.16. The molecule has 27 heavy (non-hydrogen) atoms. The first kappa shape index (κ1) is 18.2. The number of ether oxygens (including phenoxy) is 2. The second-order valence-electron chi connectivity index (χ2n) is 5.76. The Hall–Kier alpha value is -3.55. The minimum absolute atomic E-state index is 0.173. The number of urea groups is 1. The first-order chi connectivity index (χ1) is 13.1. The maximum atomic E-state index is 12.3. The highest BCUT2D eigenvalue weighted by atomic mass is 16.5. The van der Waals surface area contributed by atoms with Gasteiger partial charge in [0.25, 0.3) is 0 Å². The van der Waals surface area contributed by atoms with Crippen LogP contribution < -0.4 is 14.8 Å². The molecule has 0 spiro atoms. The third-order valence-electron chi connectivity index (χ3n) is 3.84. The average Bonchev–Trinajstić information content (AvgIpc) is 3.16. The van der Waals surface area contributed by atoms with Gasteiger partial charge >= 0.3 is 6.03 Å². The molecule has 8 heteroatoms. The van der Waals surface area contributed by atoms with E-state index < -0.39 is 0 Å². The quantitative estimate of drug-likeness (QED) is 0.717. The van der Waals surface area contributed by atoms with Crippen molar-refractivity contribution in [3.8, 4) is 22.9 Å². The Bertz CT molecular complexity index is 925. The second kappa shape index (κ2) is 8.22. The van der Waals surface area contributed by atoms with Crippen molar-refractivity contribution < 1.29 is 18.8 Å². The molecule has 0 aliphatic heterocycles. The molecule has 0 saturated carbocycles. The first-order valence-electron chi connectivity index (χ1n) is 8.22. The molecule has 0 bridgehead atoms. The van der Waals surface area contributed by atoms with Gasteiger partial charge in [-0.1, -0.05) is 23.4 Å². The van der Waals surface area contributed by atoms with Crippen LogP contribution in [0.4, 0.5) is 10.5 Å². The van der Waals surface area contributed by atoms with Crippen molar-refractivity contribution in [1.29, 1.82) is 0 Å². The molecule has 2 amide bonds. The van der Waals surface area contributed by atoms with E-state index in [2.05, 4.69) is 15.5 Å². The van der Waals surface area contributed by atoms with Crippen molar-refractivity contribution >= 4 is 11.7 Å². The SMILES string of the molecule is COc1cccc(NC(=O)N(C)Cc2nc(-c3cccc(OC)c3)no2)c1. The van der Waals surface area contributed by atoms with Crippen molar-refractivity contribution in [1.82, 2.24) is 15.0 Å². The molecule has 0 saturated heterocycles. The van der Waals surface area contributed by atoms with Crippen molar-refractivity contribution in [2.75, 3.05) is 26.6 Å². The summed E-state index contributed by atoms with van der Waals surface area (Å²) in [7, 11) is 4.81. The van der Waals surface area contributed by atoms with Gasteiger partial charge in [0.1, 0.15) is 18.0 Å². The molecule has 1 N–H and O–H groups in total. The topological polar surface area (TPSA) is 89.7 Å². The van der Waals surface area contributed by atoms with Crippen LogP contribution in [-0.2, 0) is 6.54 Å². The molecule has 140 valence electrons. The number of carbonyl (C=O) groups is 1. The minimum Gasteiger partial charge on any atom is -0.497 e. The lowest BCUT2D eigenvalue weighted by Crippen LogP contribution is -2.30. The molecule has 3 rings (SSSR count). The Balaban J connectivity index is 1.64. The normalized spacial score (nSPS) is 10.3. The number of aromatic nitrogens is 2. The fourth-order valence-corrected chi connectivity index (χ4v) is 2.39. The Kier molecular flexibility index (Phi) is 5.55. The second-order valence-corrected chi connectivity index (χ2v) is 5.76. The fraction of sp³-hybridized carbons (Fsp3) is 0.211. The van der Waals surface area contributed by atoms with Crippen LogP contribution in [0.15, 0.2) is 53.1 Å². The monoisotopic (exact) mass is 368 g/mol. The van der Waals surface area contributed by atoms with E-state index in [0.29, 0.717) is 28.9 Å². The Morgan fingerprint density at radius 1 is 1.11 bits per heavy atom. The summed E-state index contributed by atoms with van der Waals surface area (Å²) in [5.74, 6) is 2.13. The van der Waals surface area contributed by atoms with Crippen LogP contribution in [0.3, 0.4) is 0 Å². The minimum atomic E-state index is -0.301. The van der Waals surface area contributed by atoms with Crippen LogP contribution in [0, 0.1) is 0 Å². The summed E-state index contributed by atoms with van der Waals surface area (Å²) in [5, 5.41) is 6.76. The van der Waals surface area contributed by atoms with Gasteiger partial charge in [0.2, 0.25) is 11.7 Å². The van der Waals surface area contributed by atoms with Gasteiger partial charge < -0.3 is 24.2 Å². The smallest absolute Gasteiger partial charge is 0.322 e. The molecule has 1 heterocycles. The molecule has 0 aliphatic rings. The zero-order valence-corrected chi connectivity index (χ0v) is 15.3. The lowest BCUT2D eigenvalue weighted by atomic mass is 10.2. The highest BCUT2D eigenvalue weighted by Gasteiger charge is 2.15. The van der Waals surface area contributed by atoms with Gasteiger partial charge in [-0.25, -0.2) is 4.79 Å². The van der Waals surface area contributed by atoms with Crippen LogP contribution >= 0.6 is 0 Å². The van der Waals surface area contributed by atoms with E-state index >= 15 is 0 Å². The van der Waals surface area contributed by atoms with Gasteiger partial charge in [-0.3, -0.25) is 0 Å². The molecule has 0 atom stereocenters. The Morgan fingerprint density at radius 2 is 1.81 bits per heavy atom. The van der Waals surface area contributed by atoms with Crippen molar-refractivity contribution in [2.24, 2.45) is 0 Å². The summed E-state index contributed by atoms with van der Waals surface area (Å²) in [5.41, 5.74) is 1.40. The van der Waals surface area contributed by atoms with E-state index in [1.165, 1.54) is 4.90 Å². The fourth-order valence-electron chi connectivity index (χ4n) is 2.39. The van der Waals surface area contributed by atoms with Gasteiger partial charge in [0.15, 0.2) is 0 Å². The van der Waals surface area contributed by atoms with Crippen LogP contribution in [0.25, 0.3) is 11.4 Å². The summed E-state index contributed by atoms with van der Waals surface area (Å²) >= 11 is 0. The predicted molar refractivity (Wildman–Crippen MR) is 99.8 cm³/mol. The molecule has 8 nitrogen and oxygen atoms in total. The van der Waals surface area contributed by atoms with E-state index in [1.807, 2.05) is 24.3 Å². The van der Waals surface area contributed by atoms with Crippen LogP contribution in [-0.4, -0.2) is 42.3 Å². The number of nitrogens with one attached hydrogen (secondary N) is 1. The number of hydrogen-bond acceptors (Lipinski definition) is 6. The van der Waals surface area contributed by atoms with E-state index in [0.717, 1.165) is 5.56 Å². The summed E-state index contributed by atoms with van der Waals surface area (Å²) in [4.78, 5) is 18.1. The number of carbonyl (C=O) groups excluding carboxylic acids is 1. The molecular weight excluding hydrogens is 348 g/mol. The maximum absolute atomic E-state index is 12.3. The van der Waals surface area contributed by atoms with Gasteiger partial charge in [0.05, 0.1) is 14.2 Å². The van der Waals surface area contributed by atoms with Gasteiger partial charge in [-0.15, -0.1) is 0 Å². The number of nitrogens with zero attached hydrogens (tertiary/aromatic N) is 3. The Morgan fingerprint density at radius 3 is 2.56 bits per heavy atom.